The van der Waals surface area contributed by atoms with E-state index in [0.29, 0.717) is 11.9 Å². The van der Waals surface area contributed by atoms with Crippen molar-refractivity contribution in [2.24, 2.45) is 0 Å². The van der Waals surface area contributed by atoms with Crippen LogP contribution in [-0.4, -0.2) is 39.5 Å². The summed E-state index contributed by atoms with van der Waals surface area (Å²) in [5.41, 5.74) is 8.60. The Hall–Kier alpha value is -2.67. The number of fused-ring (bicyclic) bond motifs is 1. The monoisotopic (exact) mass is 351 g/mol. The number of H-pyrrole nitrogens is 1. The highest BCUT2D eigenvalue weighted by atomic mass is 15.2. The minimum absolute atomic E-state index is 0.501. The molecule has 3 heterocycles. The molecule has 1 saturated heterocycles. The van der Waals surface area contributed by atoms with Gasteiger partial charge in [-0.05, 0) is 56.5 Å². The Balaban J connectivity index is 1.33. The molecule has 1 aliphatic heterocycles. The van der Waals surface area contributed by atoms with Gasteiger partial charge in [0.25, 0.3) is 0 Å². The maximum Gasteiger partial charge on any atom is 0.153 e. The summed E-state index contributed by atoms with van der Waals surface area (Å²) in [7, 11) is 0. The standard InChI is InChI=1S/C19H25N7/c20-19-15-12-13(6-7-17(15)24-26-19)16-8-9-18(25-23-16)22-11-3-5-14-4-1-2-10-21-14/h6-9,12,14,21H,1-5,10-11H2,(H,22,25)(H3,20,24,26). The summed E-state index contributed by atoms with van der Waals surface area (Å²) in [5.74, 6) is 1.31. The van der Waals surface area contributed by atoms with E-state index >= 15 is 0 Å². The Labute approximate surface area is 152 Å². The zero-order valence-electron chi connectivity index (χ0n) is 14.8. The van der Waals surface area contributed by atoms with E-state index in [0.717, 1.165) is 40.9 Å². The number of hydrogen-bond acceptors (Lipinski definition) is 6. The molecule has 136 valence electrons. The van der Waals surface area contributed by atoms with Gasteiger partial charge in [0.15, 0.2) is 5.82 Å². The van der Waals surface area contributed by atoms with Crippen LogP contribution in [0, 0.1) is 0 Å². The molecule has 3 aromatic rings. The summed E-state index contributed by atoms with van der Waals surface area (Å²) in [6, 6.07) is 10.6. The van der Waals surface area contributed by atoms with Gasteiger partial charge >= 0.3 is 0 Å². The fourth-order valence-electron chi connectivity index (χ4n) is 3.51. The predicted octanol–water partition coefficient (Wildman–Crippen LogP) is 2.94. The number of hydrogen-bond donors (Lipinski definition) is 4. The summed E-state index contributed by atoms with van der Waals surface area (Å²) in [4.78, 5) is 0. The summed E-state index contributed by atoms with van der Waals surface area (Å²) in [6.45, 7) is 2.09. The van der Waals surface area contributed by atoms with E-state index in [9.17, 15) is 0 Å². The molecule has 2 aromatic heterocycles. The summed E-state index contributed by atoms with van der Waals surface area (Å²) < 4.78 is 0. The summed E-state index contributed by atoms with van der Waals surface area (Å²) >= 11 is 0. The van der Waals surface area contributed by atoms with Gasteiger partial charge in [0.1, 0.15) is 5.82 Å². The lowest BCUT2D eigenvalue weighted by Gasteiger charge is -2.23. The number of nitrogens with two attached hydrogens (primary N) is 1. The van der Waals surface area contributed by atoms with Crippen LogP contribution in [0.2, 0.25) is 0 Å². The zero-order chi connectivity index (χ0) is 17.8. The lowest BCUT2D eigenvalue weighted by atomic mass is 10.0. The lowest BCUT2D eigenvalue weighted by Crippen LogP contribution is -2.34. The third-order valence-corrected chi connectivity index (χ3v) is 5.00. The second-order valence-electron chi connectivity index (χ2n) is 6.89. The predicted molar refractivity (Wildman–Crippen MR) is 105 cm³/mol. The first-order valence-electron chi connectivity index (χ1n) is 9.34. The van der Waals surface area contributed by atoms with Crippen molar-refractivity contribution in [3.05, 3.63) is 30.3 Å². The number of aromatic nitrogens is 4. The third-order valence-electron chi connectivity index (χ3n) is 5.00. The van der Waals surface area contributed by atoms with Crippen LogP contribution in [0.4, 0.5) is 11.6 Å². The molecule has 1 aromatic carbocycles. The van der Waals surface area contributed by atoms with Gasteiger partial charge in [-0.1, -0.05) is 12.5 Å². The van der Waals surface area contributed by atoms with Crippen molar-refractivity contribution in [1.29, 1.82) is 0 Å². The fraction of sp³-hybridized carbons (Fsp3) is 0.421. The molecule has 0 amide bonds. The molecule has 1 unspecified atom stereocenters. The van der Waals surface area contributed by atoms with Crippen LogP contribution in [0.15, 0.2) is 30.3 Å². The highest BCUT2D eigenvalue weighted by Crippen LogP contribution is 2.25. The smallest absolute Gasteiger partial charge is 0.153 e. The summed E-state index contributed by atoms with van der Waals surface area (Å²) in [5, 5.41) is 23.4. The highest BCUT2D eigenvalue weighted by Gasteiger charge is 2.11. The number of rotatable bonds is 6. The van der Waals surface area contributed by atoms with E-state index in [1.54, 1.807) is 0 Å². The van der Waals surface area contributed by atoms with Crippen LogP contribution in [0.1, 0.15) is 32.1 Å². The summed E-state index contributed by atoms with van der Waals surface area (Å²) in [6.07, 6.45) is 6.33. The van der Waals surface area contributed by atoms with Gasteiger partial charge in [-0.25, -0.2) is 0 Å². The zero-order valence-corrected chi connectivity index (χ0v) is 14.8. The molecule has 0 aliphatic carbocycles. The molecule has 1 atom stereocenters. The molecular formula is C19H25N7. The topological polar surface area (TPSA) is 105 Å². The molecule has 26 heavy (non-hydrogen) atoms. The van der Waals surface area contributed by atoms with Crippen molar-refractivity contribution < 1.29 is 0 Å². The van der Waals surface area contributed by atoms with Crippen molar-refractivity contribution in [2.75, 3.05) is 24.1 Å². The first-order valence-corrected chi connectivity index (χ1v) is 9.34. The molecule has 0 saturated carbocycles. The van der Waals surface area contributed by atoms with Gasteiger partial charge in [0, 0.05) is 23.5 Å². The first kappa shape index (κ1) is 16.8. The van der Waals surface area contributed by atoms with E-state index in [1.807, 2.05) is 30.3 Å². The van der Waals surface area contributed by atoms with Crippen LogP contribution in [-0.2, 0) is 0 Å². The van der Waals surface area contributed by atoms with E-state index < -0.39 is 0 Å². The van der Waals surface area contributed by atoms with Crippen LogP contribution in [0.5, 0.6) is 0 Å². The van der Waals surface area contributed by atoms with Gasteiger partial charge in [-0.3, -0.25) is 5.10 Å². The first-order chi connectivity index (χ1) is 12.8. The maximum absolute atomic E-state index is 5.88. The Morgan fingerprint density at radius 3 is 2.92 bits per heavy atom. The molecule has 0 bridgehead atoms. The van der Waals surface area contributed by atoms with Crippen molar-refractivity contribution in [3.63, 3.8) is 0 Å². The Morgan fingerprint density at radius 1 is 1.15 bits per heavy atom. The minimum atomic E-state index is 0.501. The Kier molecular flexibility index (Phi) is 4.97. The van der Waals surface area contributed by atoms with Crippen molar-refractivity contribution >= 4 is 22.5 Å². The second kappa shape index (κ2) is 7.70. The molecule has 0 radical (unpaired) electrons. The molecular weight excluding hydrogens is 326 g/mol. The number of anilines is 2. The average molecular weight is 351 g/mol. The van der Waals surface area contributed by atoms with E-state index in [4.69, 9.17) is 5.73 Å². The molecule has 1 fully saturated rings. The number of aromatic amines is 1. The number of nitrogen functional groups attached to an aromatic ring is 1. The maximum atomic E-state index is 5.88. The highest BCUT2D eigenvalue weighted by molar-refractivity contribution is 5.91. The van der Waals surface area contributed by atoms with Crippen LogP contribution in [0.25, 0.3) is 22.2 Å². The van der Waals surface area contributed by atoms with Crippen molar-refractivity contribution in [1.82, 2.24) is 25.7 Å². The molecule has 7 nitrogen and oxygen atoms in total. The lowest BCUT2D eigenvalue weighted by molar-refractivity contribution is 0.378. The molecule has 0 spiro atoms. The van der Waals surface area contributed by atoms with Crippen LogP contribution < -0.4 is 16.4 Å². The van der Waals surface area contributed by atoms with Gasteiger partial charge in [-0.2, -0.15) is 5.10 Å². The molecule has 4 rings (SSSR count). The van der Waals surface area contributed by atoms with E-state index in [-0.39, 0.29) is 0 Å². The SMILES string of the molecule is Nc1n[nH]c2ccc(-c3ccc(NCCCC4CCCCN4)nn3)cc12. The number of benzene rings is 1. The van der Waals surface area contributed by atoms with Gasteiger partial charge in [-0.15, -0.1) is 10.2 Å². The average Bonchev–Trinajstić information content (AvgIpc) is 3.07. The Bertz CT molecular complexity index is 850. The minimum Gasteiger partial charge on any atom is -0.382 e. The number of nitrogens with zero attached hydrogens (tertiary/aromatic N) is 3. The number of nitrogens with one attached hydrogen (secondary N) is 3. The van der Waals surface area contributed by atoms with Crippen LogP contribution >= 0.6 is 0 Å². The molecule has 5 N–H and O–H groups in total. The van der Waals surface area contributed by atoms with E-state index in [1.165, 1.54) is 32.2 Å². The molecule has 1 aliphatic rings. The largest absolute Gasteiger partial charge is 0.382 e. The van der Waals surface area contributed by atoms with Gasteiger partial charge < -0.3 is 16.4 Å². The normalized spacial score (nSPS) is 17.5. The second-order valence-corrected chi connectivity index (χ2v) is 6.89. The third kappa shape index (κ3) is 3.77. The van der Waals surface area contributed by atoms with Crippen molar-refractivity contribution in [3.8, 4) is 11.3 Å². The van der Waals surface area contributed by atoms with Crippen LogP contribution in [0.3, 0.4) is 0 Å². The van der Waals surface area contributed by atoms with Gasteiger partial charge in [0.05, 0.1) is 11.2 Å². The quantitative estimate of drug-likeness (QED) is 0.509. The van der Waals surface area contributed by atoms with Gasteiger partial charge in [0.2, 0.25) is 0 Å². The van der Waals surface area contributed by atoms with E-state index in [2.05, 4.69) is 31.0 Å². The van der Waals surface area contributed by atoms with Crippen molar-refractivity contribution in [2.45, 2.75) is 38.1 Å². The fourth-order valence-corrected chi connectivity index (χ4v) is 3.51. The Morgan fingerprint density at radius 2 is 2.12 bits per heavy atom. The molecule has 7 heteroatoms. The number of piperidine rings is 1.